The molecule has 0 saturated heterocycles. The molecule has 0 unspecified atom stereocenters. The van der Waals surface area contributed by atoms with E-state index in [2.05, 4.69) is 15.6 Å². The molecular weight excluding hydrogens is 276 g/mol. The molecule has 2 N–H and O–H groups in total. The minimum atomic E-state index is -3.30. The van der Waals surface area contributed by atoms with Gasteiger partial charge in [-0.1, -0.05) is 18.2 Å². The second kappa shape index (κ2) is 6.13. The SMILES string of the molecule is CN=C(NC)NCCS(=O)(=O)N1CCc2ccccc21. The monoisotopic (exact) mass is 296 g/mol. The van der Waals surface area contributed by atoms with Crippen molar-refractivity contribution in [3.8, 4) is 0 Å². The predicted molar refractivity (Wildman–Crippen MR) is 81.7 cm³/mol. The first-order valence-electron chi connectivity index (χ1n) is 6.55. The third-order valence-electron chi connectivity index (χ3n) is 3.29. The van der Waals surface area contributed by atoms with Crippen molar-refractivity contribution in [1.82, 2.24) is 10.6 Å². The summed E-state index contributed by atoms with van der Waals surface area (Å²) in [4.78, 5) is 3.95. The zero-order valence-electron chi connectivity index (χ0n) is 11.8. The number of sulfonamides is 1. The second-order valence-electron chi connectivity index (χ2n) is 4.52. The van der Waals surface area contributed by atoms with Gasteiger partial charge in [-0.3, -0.25) is 9.30 Å². The summed E-state index contributed by atoms with van der Waals surface area (Å²) in [6, 6.07) is 7.65. The summed E-state index contributed by atoms with van der Waals surface area (Å²) in [6.45, 7) is 0.858. The summed E-state index contributed by atoms with van der Waals surface area (Å²) in [6.07, 6.45) is 0.779. The summed E-state index contributed by atoms with van der Waals surface area (Å²) >= 11 is 0. The average molecular weight is 296 g/mol. The van der Waals surface area contributed by atoms with Gasteiger partial charge in [-0.15, -0.1) is 0 Å². The fraction of sp³-hybridized carbons (Fsp3) is 0.462. The number of para-hydroxylation sites is 1. The van der Waals surface area contributed by atoms with E-state index in [1.807, 2.05) is 24.3 Å². The van der Waals surface area contributed by atoms with Gasteiger partial charge in [0.1, 0.15) is 0 Å². The van der Waals surface area contributed by atoms with Gasteiger partial charge in [0.2, 0.25) is 10.0 Å². The van der Waals surface area contributed by atoms with Gasteiger partial charge in [0.05, 0.1) is 11.4 Å². The first kappa shape index (κ1) is 14.6. The molecule has 0 spiro atoms. The molecular formula is C13H20N4O2S. The molecule has 1 heterocycles. The molecule has 2 rings (SSSR count). The van der Waals surface area contributed by atoms with Crippen LogP contribution in [0.2, 0.25) is 0 Å². The maximum atomic E-state index is 12.4. The van der Waals surface area contributed by atoms with Crippen LogP contribution in [0.3, 0.4) is 0 Å². The van der Waals surface area contributed by atoms with Crippen molar-refractivity contribution >= 4 is 21.7 Å². The number of anilines is 1. The lowest BCUT2D eigenvalue weighted by Gasteiger charge is -2.19. The summed E-state index contributed by atoms with van der Waals surface area (Å²) < 4.78 is 26.3. The first-order chi connectivity index (χ1) is 9.58. The van der Waals surface area contributed by atoms with E-state index in [0.717, 1.165) is 17.7 Å². The minimum Gasteiger partial charge on any atom is -0.359 e. The summed E-state index contributed by atoms with van der Waals surface area (Å²) in [5.41, 5.74) is 1.90. The van der Waals surface area contributed by atoms with E-state index < -0.39 is 10.0 Å². The zero-order valence-corrected chi connectivity index (χ0v) is 12.6. The number of benzene rings is 1. The van der Waals surface area contributed by atoms with Gasteiger partial charge in [0, 0.05) is 27.2 Å². The Morgan fingerprint density at radius 3 is 2.85 bits per heavy atom. The molecule has 0 aliphatic carbocycles. The number of nitrogens with one attached hydrogen (secondary N) is 2. The van der Waals surface area contributed by atoms with Crippen molar-refractivity contribution in [2.75, 3.05) is 37.2 Å². The van der Waals surface area contributed by atoms with Crippen LogP contribution >= 0.6 is 0 Å². The smallest absolute Gasteiger partial charge is 0.236 e. The van der Waals surface area contributed by atoms with E-state index >= 15 is 0 Å². The van der Waals surface area contributed by atoms with Gasteiger partial charge in [-0.2, -0.15) is 0 Å². The second-order valence-corrected chi connectivity index (χ2v) is 6.53. The molecule has 0 aromatic heterocycles. The average Bonchev–Trinajstić information content (AvgIpc) is 2.88. The Labute approximate surface area is 119 Å². The third-order valence-corrected chi connectivity index (χ3v) is 5.06. The number of nitrogens with zero attached hydrogens (tertiary/aromatic N) is 2. The Kier molecular flexibility index (Phi) is 4.49. The molecule has 0 fully saturated rings. The van der Waals surface area contributed by atoms with Crippen LogP contribution < -0.4 is 14.9 Å². The molecule has 7 heteroatoms. The molecule has 1 aliphatic rings. The Morgan fingerprint density at radius 1 is 1.40 bits per heavy atom. The minimum absolute atomic E-state index is 0.0437. The van der Waals surface area contributed by atoms with Crippen molar-refractivity contribution in [2.24, 2.45) is 4.99 Å². The Hall–Kier alpha value is -1.76. The van der Waals surface area contributed by atoms with Crippen LogP contribution in [0.4, 0.5) is 5.69 Å². The third kappa shape index (κ3) is 3.04. The van der Waals surface area contributed by atoms with Crippen LogP contribution in [0.1, 0.15) is 5.56 Å². The fourth-order valence-electron chi connectivity index (χ4n) is 2.28. The topological polar surface area (TPSA) is 73.8 Å². The molecule has 110 valence electrons. The van der Waals surface area contributed by atoms with Gasteiger partial charge < -0.3 is 10.6 Å². The maximum Gasteiger partial charge on any atom is 0.236 e. The van der Waals surface area contributed by atoms with Gasteiger partial charge in [0.25, 0.3) is 0 Å². The van der Waals surface area contributed by atoms with Crippen LogP contribution in [-0.4, -0.2) is 47.3 Å². The molecule has 1 aromatic carbocycles. The highest BCUT2D eigenvalue weighted by atomic mass is 32.2. The number of rotatable bonds is 4. The lowest BCUT2D eigenvalue weighted by Crippen LogP contribution is -2.40. The molecule has 20 heavy (non-hydrogen) atoms. The molecule has 1 aromatic rings. The van der Waals surface area contributed by atoms with E-state index in [1.54, 1.807) is 14.1 Å². The number of hydrogen-bond acceptors (Lipinski definition) is 3. The summed E-state index contributed by atoms with van der Waals surface area (Å²) in [5, 5.41) is 5.81. The van der Waals surface area contributed by atoms with Gasteiger partial charge >= 0.3 is 0 Å². The van der Waals surface area contributed by atoms with Crippen LogP contribution in [0.5, 0.6) is 0 Å². The summed E-state index contributed by atoms with van der Waals surface area (Å²) in [7, 11) is 0.0821. The maximum absolute atomic E-state index is 12.4. The lowest BCUT2D eigenvalue weighted by atomic mass is 10.2. The van der Waals surface area contributed by atoms with Crippen molar-refractivity contribution in [1.29, 1.82) is 0 Å². The van der Waals surface area contributed by atoms with Crippen LogP contribution in [0, 0.1) is 0 Å². The Morgan fingerprint density at radius 2 is 2.15 bits per heavy atom. The van der Waals surface area contributed by atoms with Gasteiger partial charge in [-0.05, 0) is 18.1 Å². The van der Waals surface area contributed by atoms with Crippen LogP contribution in [0.15, 0.2) is 29.3 Å². The van der Waals surface area contributed by atoms with Crippen molar-refractivity contribution in [2.45, 2.75) is 6.42 Å². The molecule has 0 radical (unpaired) electrons. The van der Waals surface area contributed by atoms with E-state index in [9.17, 15) is 8.42 Å². The quantitative estimate of drug-likeness (QED) is 0.614. The van der Waals surface area contributed by atoms with Crippen LogP contribution in [0.25, 0.3) is 0 Å². The highest BCUT2D eigenvalue weighted by Crippen LogP contribution is 2.29. The van der Waals surface area contributed by atoms with E-state index in [-0.39, 0.29) is 5.75 Å². The number of aliphatic imine (C=N–C) groups is 1. The van der Waals surface area contributed by atoms with Crippen LogP contribution in [-0.2, 0) is 16.4 Å². The van der Waals surface area contributed by atoms with Crippen molar-refractivity contribution < 1.29 is 8.42 Å². The summed E-state index contributed by atoms with van der Waals surface area (Å²) in [5.74, 6) is 0.629. The first-order valence-corrected chi connectivity index (χ1v) is 8.16. The molecule has 0 saturated carbocycles. The van der Waals surface area contributed by atoms with E-state index in [1.165, 1.54) is 4.31 Å². The molecule has 0 bridgehead atoms. The molecule has 6 nitrogen and oxygen atoms in total. The normalized spacial score (nSPS) is 15.1. The fourth-order valence-corrected chi connectivity index (χ4v) is 3.71. The molecule has 0 atom stereocenters. The molecule has 0 amide bonds. The Balaban J connectivity index is 2.02. The standard InChI is InChI=1S/C13H20N4O2S/c1-14-13(15-2)16-8-10-20(18,19)17-9-7-11-5-3-4-6-12(11)17/h3-6H,7-10H2,1-2H3,(H2,14,15,16). The van der Waals surface area contributed by atoms with Gasteiger partial charge in [0.15, 0.2) is 5.96 Å². The zero-order chi connectivity index (χ0) is 14.6. The number of hydrogen-bond donors (Lipinski definition) is 2. The van der Waals surface area contributed by atoms with Crippen molar-refractivity contribution in [3.05, 3.63) is 29.8 Å². The predicted octanol–water partition coefficient (Wildman–Crippen LogP) is 0.174. The van der Waals surface area contributed by atoms with Crippen molar-refractivity contribution in [3.63, 3.8) is 0 Å². The number of guanidine groups is 1. The van der Waals surface area contributed by atoms with E-state index in [4.69, 9.17) is 0 Å². The highest BCUT2D eigenvalue weighted by molar-refractivity contribution is 7.92. The highest BCUT2D eigenvalue weighted by Gasteiger charge is 2.28. The lowest BCUT2D eigenvalue weighted by molar-refractivity contribution is 0.591. The number of fused-ring (bicyclic) bond motifs is 1. The molecule has 1 aliphatic heterocycles. The Bertz CT molecular complexity index is 598. The largest absolute Gasteiger partial charge is 0.359 e. The van der Waals surface area contributed by atoms with E-state index in [0.29, 0.717) is 19.0 Å². The van der Waals surface area contributed by atoms with Gasteiger partial charge in [-0.25, -0.2) is 8.42 Å².